The highest BCUT2D eigenvalue weighted by atomic mass is 16.3. The zero-order valence-corrected chi connectivity index (χ0v) is 18.7. The van der Waals surface area contributed by atoms with Crippen molar-refractivity contribution in [1.82, 2.24) is 9.97 Å². The van der Waals surface area contributed by atoms with Crippen LogP contribution in [0.2, 0.25) is 0 Å². The monoisotopic (exact) mass is 446 g/mol. The average molecular weight is 447 g/mol. The molecule has 0 saturated heterocycles. The molecule has 0 aliphatic rings. The molecule has 0 radical (unpaired) electrons. The number of aromatic nitrogens is 2. The van der Waals surface area contributed by atoms with E-state index in [0.717, 1.165) is 59.9 Å². The maximum absolute atomic E-state index is 6.28. The molecule has 162 valence electrons. The van der Waals surface area contributed by atoms with Gasteiger partial charge in [-0.3, -0.25) is 0 Å². The van der Waals surface area contributed by atoms with Crippen molar-refractivity contribution in [2.24, 2.45) is 0 Å². The van der Waals surface area contributed by atoms with Gasteiger partial charge in [0.1, 0.15) is 11.2 Å². The molecule has 8 rings (SSSR count). The summed E-state index contributed by atoms with van der Waals surface area (Å²) in [6, 6.07) is 38.1. The van der Waals surface area contributed by atoms with Gasteiger partial charge in [-0.2, -0.15) is 0 Å². The van der Waals surface area contributed by atoms with Crippen LogP contribution >= 0.6 is 0 Å². The van der Waals surface area contributed by atoms with Gasteiger partial charge in [0.25, 0.3) is 0 Å². The van der Waals surface area contributed by atoms with Crippen LogP contribution in [0.25, 0.3) is 76.3 Å². The van der Waals surface area contributed by atoms with E-state index in [9.17, 15) is 0 Å². The number of rotatable bonds is 0. The first-order valence-corrected chi connectivity index (χ1v) is 11.8. The van der Waals surface area contributed by atoms with Crippen LogP contribution in [0.1, 0.15) is 0 Å². The second-order valence-corrected chi connectivity index (χ2v) is 9.03. The molecule has 0 N–H and O–H groups in total. The van der Waals surface area contributed by atoms with Gasteiger partial charge in [0.05, 0.1) is 11.0 Å². The van der Waals surface area contributed by atoms with Gasteiger partial charge >= 0.3 is 0 Å². The summed E-state index contributed by atoms with van der Waals surface area (Å²) >= 11 is 0. The molecule has 0 amide bonds. The number of benzene rings is 5. The maximum atomic E-state index is 6.28. The van der Waals surface area contributed by atoms with E-state index in [1.54, 1.807) is 0 Å². The summed E-state index contributed by atoms with van der Waals surface area (Å²) in [5, 5.41) is 9.94. The number of fused-ring (bicyclic) bond motifs is 12. The van der Waals surface area contributed by atoms with Gasteiger partial charge in [-0.25, -0.2) is 9.97 Å². The Balaban J connectivity index is 1.79. The van der Waals surface area contributed by atoms with Crippen LogP contribution in [0.5, 0.6) is 0 Å². The van der Waals surface area contributed by atoms with Crippen LogP contribution < -0.4 is 0 Å². The zero-order valence-electron chi connectivity index (χ0n) is 18.7. The molecule has 0 atom stereocenters. The smallest absolute Gasteiger partial charge is 0.161 e. The minimum absolute atomic E-state index is 0.708. The molecule has 6 bridgehead atoms. The molecule has 0 saturated carbocycles. The van der Waals surface area contributed by atoms with Crippen molar-refractivity contribution in [3.63, 3.8) is 0 Å². The maximum Gasteiger partial charge on any atom is 0.161 e. The Morgan fingerprint density at radius 3 is 2.06 bits per heavy atom. The third-order valence-electron chi connectivity index (χ3n) is 7.02. The summed E-state index contributed by atoms with van der Waals surface area (Å²) in [4.78, 5) is 10.2. The number of para-hydroxylation sites is 1. The lowest BCUT2D eigenvalue weighted by molar-refractivity contribution is 0.669. The van der Waals surface area contributed by atoms with E-state index in [2.05, 4.69) is 84.9 Å². The van der Waals surface area contributed by atoms with E-state index >= 15 is 0 Å². The van der Waals surface area contributed by atoms with E-state index in [-0.39, 0.29) is 0 Å². The number of hydrogen-bond acceptors (Lipinski definition) is 3. The molecule has 0 spiro atoms. The molecule has 3 heterocycles. The lowest BCUT2D eigenvalue weighted by atomic mass is 10.0. The molecule has 0 aliphatic carbocycles. The van der Waals surface area contributed by atoms with Crippen molar-refractivity contribution in [2.75, 3.05) is 0 Å². The highest BCUT2D eigenvalue weighted by Gasteiger charge is 2.13. The van der Waals surface area contributed by atoms with E-state index in [1.807, 2.05) is 24.3 Å². The van der Waals surface area contributed by atoms with Crippen molar-refractivity contribution < 1.29 is 4.42 Å². The Morgan fingerprint density at radius 2 is 1.17 bits per heavy atom. The Hall–Kier alpha value is -4.76. The number of hydrogen-bond donors (Lipinski definition) is 0. The normalized spacial score (nSPS) is 12.0. The van der Waals surface area contributed by atoms with E-state index in [1.165, 1.54) is 10.8 Å². The van der Waals surface area contributed by atoms with Crippen LogP contribution in [0.15, 0.2) is 114 Å². The second kappa shape index (κ2) is 6.87. The van der Waals surface area contributed by atoms with Gasteiger partial charge in [-0.05, 0) is 51.9 Å². The fourth-order valence-corrected chi connectivity index (χ4v) is 5.42. The first-order valence-electron chi connectivity index (χ1n) is 11.8. The first kappa shape index (κ1) is 18.6. The van der Waals surface area contributed by atoms with Crippen LogP contribution in [-0.2, 0) is 0 Å². The summed E-state index contributed by atoms with van der Waals surface area (Å²) in [5.41, 5.74) is 4.28. The minimum Gasteiger partial charge on any atom is -0.456 e. The SMILES string of the molecule is c1cc2cc(c1)c1nc(nc3ccccc31)c1cccc3oc4ccc(cc4c31)c1ccccc21. The third kappa shape index (κ3) is 2.66. The molecular formula is C32H18N2O. The molecule has 5 aromatic carbocycles. The Bertz CT molecular complexity index is 2170. The fourth-order valence-electron chi connectivity index (χ4n) is 5.42. The van der Waals surface area contributed by atoms with E-state index in [4.69, 9.17) is 14.4 Å². The van der Waals surface area contributed by atoms with E-state index in [0.29, 0.717) is 5.65 Å². The molecule has 0 aliphatic heterocycles. The molecule has 35 heavy (non-hydrogen) atoms. The van der Waals surface area contributed by atoms with Gasteiger partial charge in [-0.1, -0.05) is 78.9 Å². The second-order valence-electron chi connectivity index (χ2n) is 9.03. The quantitative estimate of drug-likeness (QED) is 0.234. The summed E-state index contributed by atoms with van der Waals surface area (Å²) in [5.74, 6) is 0. The van der Waals surface area contributed by atoms with Gasteiger partial charge in [-0.15, -0.1) is 0 Å². The minimum atomic E-state index is 0.708. The molecule has 0 fully saturated rings. The predicted octanol–water partition coefficient (Wildman–Crippen LogP) is 8.70. The van der Waals surface area contributed by atoms with Gasteiger partial charge < -0.3 is 4.42 Å². The van der Waals surface area contributed by atoms with E-state index < -0.39 is 0 Å². The first-order chi connectivity index (χ1) is 17.3. The summed E-state index contributed by atoms with van der Waals surface area (Å²) in [7, 11) is 0. The van der Waals surface area contributed by atoms with Crippen LogP contribution in [0.4, 0.5) is 0 Å². The molecule has 3 nitrogen and oxygen atoms in total. The van der Waals surface area contributed by atoms with Crippen LogP contribution in [-0.4, -0.2) is 9.97 Å². The molecular weight excluding hydrogens is 428 g/mol. The topological polar surface area (TPSA) is 38.9 Å². The van der Waals surface area contributed by atoms with Crippen molar-refractivity contribution >= 4 is 76.3 Å². The summed E-state index contributed by atoms with van der Waals surface area (Å²) in [6.07, 6.45) is 0. The molecule has 3 heteroatoms. The Morgan fingerprint density at radius 1 is 0.457 bits per heavy atom. The molecule has 8 aromatic rings. The van der Waals surface area contributed by atoms with Gasteiger partial charge in [0.2, 0.25) is 0 Å². The Kier molecular flexibility index (Phi) is 3.66. The summed E-state index contributed by atoms with van der Waals surface area (Å²) < 4.78 is 6.28. The van der Waals surface area contributed by atoms with Crippen molar-refractivity contribution in [3.8, 4) is 0 Å². The standard InChI is InChI=1S/C32H18N2O/c1-2-10-23-20-15-16-28-26(18-20)30-25(12-6-14-29(30)35-28)32-33-27-13-4-3-11-24(27)31(34-32)21-8-5-7-19(17-21)22(23)9-1/h1-18H. The van der Waals surface area contributed by atoms with Crippen molar-refractivity contribution in [1.29, 1.82) is 0 Å². The van der Waals surface area contributed by atoms with Gasteiger partial charge in [0.15, 0.2) is 5.65 Å². The fraction of sp³-hybridized carbons (Fsp3) is 0. The summed E-state index contributed by atoms with van der Waals surface area (Å²) in [6.45, 7) is 0. The highest BCUT2D eigenvalue weighted by molar-refractivity contribution is 6.20. The van der Waals surface area contributed by atoms with Crippen LogP contribution in [0.3, 0.4) is 0 Å². The van der Waals surface area contributed by atoms with Gasteiger partial charge in [0, 0.05) is 26.9 Å². The molecule has 3 aromatic heterocycles. The largest absolute Gasteiger partial charge is 0.456 e. The number of furan rings is 1. The lowest BCUT2D eigenvalue weighted by Crippen LogP contribution is -1.88. The number of nitrogens with zero attached hydrogens (tertiary/aromatic N) is 2. The van der Waals surface area contributed by atoms with Crippen LogP contribution in [0, 0.1) is 0 Å². The zero-order chi connectivity index (χ0) is 22.9. The molecule has 0 unspecified atom stereocenters. The average Bonchev–Trinajstić information content (AvgIpc) is 3.30. The Labute approximate surface area is 199 Å². The highest BCUT2D eigenvalue weighted by Crippen LogP contribution is 2.36. The third-order valence-corrected chi connectivity index (χ3v) is 7.02. The van der Waals surface area contributed by atoms with Crippen molar-refractivity contribution in [2.45, 2.75) is 0 Å². The lowest BCUT2D eigenvalue weighted by Gasteiger charge is -2.04. The predicted molar refractivity (Wildman–Crippen MR) is 146 cm³/mol. The van der Waals surface area contributed by atoms with Crippen molar-refractivity contribution in [3.05, 3.63) is 109 Å².